The fraction of sp³-hybridized carbons (Fsp3) is 0.208. The fourth-order valence-corrected chi connectivity index (χ4v) is 3.65. The summed E-state index contributed by atoms with van der Waals surface area (Å²) in [6, 6.07) is 28.7. The van der Waals surface area contributed by atoms with Crippen LogP contribution in [0.4, 0.5) is 0 Å². The van der Waals surface area contributed by atoms with Gasteiger partial charge >= 0.3 is 0 Å². The molecular formula is C24H25NOS. The highest BCUT2D eigenvalue weighted by Gasteiger charge is 2.06. The largest absolute Gasteiger partial charge is 0.309 e. The summed E-state index contributed by atoms with van der Waals surface area (Å²) < 4.78 is 0. The lowest BCUT2D eigenvalue weighted by Crippen LogP contribution is -2.12. The highest BCUT2D eigenvalue weighted by Crippen LogP contribution is 2.16. The number of rotatable bonds is 9. The predicted molar refractivity (Wildman–Crippen MR) is 115 cm³/mol. The van der Waals surface area contributed by atoms with E-state index in [0.717, 1.165) is 37.2 Å². The zero-order valence-electron chi connectivity index (χ0n) is 15.4. The molecule has 1 N–H and O–H groups in total. The molecule has 0 unspecified atom stereocenters. The molecule has 0 atom stereocenters. The van der Waals surface area contributed by atoms with E-state index in [1.807, 2.05) is 36.4 Å². The summed E-state index contributed by atoms with van der Waals surface area (Å²) in [6.45, 7) is 1.65. The van der Waals surface area contributed by atoms with E-state index in [-0.39, 0.29) is 5.12 Å². The first-order valence-corrected chi connectivity index (χ1v) is 10.3. The van der Waals surface area contributed by atoms with Crippen molar-refractivity contribution in [3.63, 3.8) is 0 Å². The Labute approximate surface area is 166 Å². The highest BCUT2D eigenvalue weighted by molar-refractivity contribution is 8.14. The maximum Gasteiger partial charge on any atom is 0.219 e. The first kappa shape index (κ1) is 19.4. The molecule has 0 fully saturated rings. The van der Waals surface area contributed by atoms with Gasteiger partial charge in [0.25, 0.3) is 0 Å². The van der Waals surface area contributed by atoms with E-state index in [1.165, 1.54) is 28.5 Å². The highest BCUT2D eigenvalue weighted by atomic mass is 32.2. The number of carbonyl (C=O) groups is 1. The molecule has 138 valence electrons. The lowest BCUT2D eigenvalue weighted by Gasteiger charge is -2.06. The Hall–Kier alpha value is -2.36. The number of hydrogen-bond donors (Lipinski definition) is 1. The quantitative estimate of drug-likeness (QED) is 0.502. The van der Waals surface area contributed by atoms with Gasteiger partial charge in [-0.1, -0.05) is 96.7 Å². The van der Waals surface area contributed by atoms with Crippen molar-refractivity contribution in [1.82, 2.24) is 5.32 Å². The molecule has 0 spiro atoms. The van der Waals surface area contributed by atoms with E-state index in [0.29, 0.717) is 0 Å². The maximum atomic E-state index is 12.3. The van der Waals surface area contributed by atoms with E-state index in [9.17, 15) is 4.79 Å². The smallest absolute Gasteiger partial charge is 0.219 e. The molecular weight excluding hydrogens is 350 g/mol. The van der Waals surface area contributed by atoms with Crippen molar-refractivity contribution in [2.24, 2.45) is 0 Å². The average molecular weight is 376 g/mol. The Kier molecular flexibility index (Phi) is 7.69. The molecule has 3 aromatic rings. The van der Waals surface area contributed by atoms with Crippen molar-refractivity contribution in [3.05, 3.63) is 107 Å². The summed E-state index contributed by atoms with van der Waals surface area (Å²) in [5, 5.41) is 3.59. The molecule has 0 amide bonds. The van der Waals surface area contributed by atoms with Crippen molar-refractivity contribution >= 4 is 16.9 Å². The molecule has 3 aromatic carbocycles. The average Bonchev–Trinajstić information content (AvgIpc) is 2.73. The van der Waals surface area contributed by atoms with Crippen LogP contribution in [0.3, 0.4) is 0 Å². The van der Waals surface area contributed by atoms with Gasteiger partial charge in [0.1, 0.15) is 0 Å². The van der Waals surface area contributed by atoms with Crippen LogP contribution in [0.2, 0.25) is 0 Å². The Morgan fingerprint density at radius 1 is 0.704 bits per heavy atom. The van der Waals surface area contributed by atoms with E-state index >= 15 is 0 Å². The van der Waals surface area contributed by atoms with Gasteiger partial charge in [-0.25, -0.2) is 0 Å². The van der Waals surface area contributed by atoms with Gasteiger partial charge < -0.3 is 5.32 Å². The summed E-state index contributed by atoms with van der Waals surface area (Å²) in [5.74, 6) is 0.855. The lowest BCUT2D eigenvalue weighted by atomic mass is 10.1. The van der Waals surface area contributed by atoms with Crippen LogP contribution in [-0.2, 0) is 19.5 Å². The second kappa shape index (κ2) is 10.7. The Morgan fingerprint density at radius 3 is 1.89 bits per heavy atom. The van der Waals surface area contributed by atoms with E-state index in [4.69, 9.17) is 0 Å². The number of nitrogens with one attached hydrogen (secondary N) is 1. The molecule has 0 heterocycles. The minimum Gasteiger partial charge on any atom is -0.309 e. The van der Waals surface area contributed by atoms with Crippen molar-refractivity contribution in [2.45, 2.75) is 25.9 Å². The molecule has 3 rings (SSSR count). The Morgan fingerprint density at radius 2 is 1.26 bits per heavy atom. The molecule has 2 nitrogen and oxygen atoms in total. The summed E-state index contributed by atoms with van der Waals surface area (Å²) in [6.07, 6.45) is 2.04. The van der Waals surface area contributed by atoms with Gasteiger partial charge in [-0.2, -0.15) is 0 Å². The zero-order chi connectivity index (χ0) is 18.7. The number of aryl methyl sites for hydroxylation is 1. The first-order valence-electron chi connectivity index (χ1n) is 9.36. The Bertz CT molecular complexity index is 816. The van der Waals surface area contributed by atoms with Crippen LogP contribution >= 0.6 is 11.8 Å². The second-order valence-electron chi connectivity index (χ2n) is 6.51. The van der Waals surface area contributed by atoms with Gasteiger partial charge in [-0.15, -0.1) is 0 Å². The Balaban J connectivity index is 1.38. The normalized spacial score (nSPS) is 10.7. The van der Waals surface area contributed by atoms with Crippen LogP contribution in [0.5, 0.6) is 0 Å². The van der Waals surface area contributed by atoms with Gasteiger partial charge in [0.05, 0.1) is 0 Å². The summed E-state index contributed by atoms with van der Waals surface area (Å²) in [5.41, 5.74) is 4.58. The fourth-order valence-electron chi connectivity index (χ4n) is 2.87. The standard InChI is InChI=1S/C24H25NOS/c26-24(27-17-7-12-20-8-3-1-4-9-20)23-15-13-22(14-16-23)19-25-18-21-10-5-2-6-11-21/h1-6,8-11,13-16,25H,7,12,17-19H2. The lowest BCUT2D eigenvalue weighted by molar-refractivity contribution is 0.108. The van der Waals surface area contributed by atoms with E-state index < -0.39 is 0 Å². The minimum absolute atomic E-state index is 0.159. The van der Waals surface area contributed by atoms with Crippen molar-refractivity contribution in [2.75, 3.05) is 5.75 Å². The second-order valence-corrected chi connectivity index (χ2v) is 7.58. The number of thioether (sulfide) groups is 1. The van der Waals surface area contributed by atoms with Crippen molar-refractivity contribution < 1.29 is 4.79 Å². The molecule has 3 heteroatoms. The summed E-state index contributed by atoms with van der Waals surface area (Å²) in [4.78, 5) is 12.3. The summed E-state index contributed by atoms with van der Waals surface area (Å²) in [7, 11) is 0. The van der Waals surface area contributed by atoms with Gasteiger partial charge in [0, 0.05) is 24.4 Å². The van der Waals surface area contributed by atoms with Gasteiger partial charge in [0.15, 0.2) is 0 Å². The number of carbonyl (C=O) groups excluding carboxylic acids is 1. The molecule has 0 radical (unpaired) electrons. The van der Waals surface area contributed by atoms with Crippen molar-refractivity contribution in [3.8, 4) is 0 Å². The van der Waals surface area contributed by atoms with Crippen LogP contribution in [-0.4, -0.2) is 10.9 Å². The zero-order valence-corrected chi connectivity index (χ0v) is 16.3. The van der Waals surface area contributed by atoms with Gasteiger partial charge in [-0.05, 0) is 29.5 Å². The third-order valence-corrected chi connectivity index (χ3v) is 5.37. The van der Waals surface area contributed by atoms with Crippen molar-refractivity contribution in [1.29, 1.82) is 0 Å². The molecule has 0 saturated heterocycles. The number of hydrogen-bond acceptors (Lipinski definition) is 3. The monoisotopic (exact) mass is 375 g/mol. The third-order valence-electron chi connectivity index (χ3n) is 4.38. The SMILES string of the molecule is O=C(SCCCc1ccccc1)c1ccc(CNCc2ccccc2)cc1. The van der Waals surface area contributed by atoms with E-state index in [1.54, 1.807) is 0 Å². The van der Waals surface area contributed by atoms with Crippen LogP contribution in [0.25, 0.3) is 0 Å². The van der Waals surface area contributed by atoms with Crippen LogP contribution in [0.15, 0.2) is 84.9 Å². The molecule has 0 aliphatic rings. The van der Waals surface area contributed by atoms with E-state index in [2.05, 4.69) is 53.8 Å². The molecule has 0 aromatic heterocycles. The maximum absolute atomic E-state index is 12.3. The van der Waals surface area contributed by atoms with Gasteiger partial charge in [-0.3, -0.25) is 4.79 Å². The molecule has 0 bridgehead atoms. The molecule has 0 saturated carbocycles. The molecule has 0 aliphatic carbocycles. The summed E-state index contributed by atoms with van der Waals surface area (Å²) >= 11 is 1.42. The molecule has 0 aliphatic heterocycles. The van der Waals surface area contributed by atoms with Crippen LogP contribution in [0.1, 0.15) is 33.5 Å². The predicted octanol–water partition coefficient (Wildman–Crippen LogP) is 5.48. The van der Waals surface area contributed by atoms with Gasteiger partial charge in [0.2, 0.25) is 5.12 Å². The van der Waals surface area contributed by atoms with Crippen LogP contribution < -0.4 is 5.32 Å². The number of benzene rings is 3. The molecule has 27 heavy (non-hydrogen) atoms. The third kappa shape index (κ3) is 6.70. The minimum atomic E-state index is 0.159. The first-order chi connectivity index (χ1) is 13.3. The van der Waals surface area contributed by atoms with Crippen LogP contribution in [0, 0.1) is 0 Å². The topological polar surface area (TPSA) is 29.1 Å².